The van der Waals surface area contributed by atoms with E-state index in [0.29, 0.717) is 26.4 Å². The van der Waals surface area contributed by atoms with Gasteiger partial charge in [0, 0.05) is 5.69 Å². The van der Waals surface area contributed by atoms with Gasteiger partial charge in [0.1, 0.15) is 10.6 Å². The van der Waals surface area contributed by atoms with Gasteiger partial charge in [0.15, 0.2) is 0 Å². The highest BCUT2D eigenvalue weighted by Crippen LogP contribution is 2.28. The van der Waals surface area contributed by atoms with Crippen molar-refractivity contribution in [3.05, 3.63) is 80.1 Å². The molecule has 0 saturated carbocycles. The smallest absolute Gasteiger partial charge is 0.374 e. The highest BCUT2D eigenvalue weighted by atomic mass is 32.1. The van der Waals surface area contributed by atoms with Gasteiger partial charge in [0.25, 0.3) is 11.5 Å². The fourth-order valence-electron chi connectivity index (χ4n) is 3.56. The summed E-state index contributed by atoms with van der Waals surface area (Å²) < 4.78 is 11.8. The number of carbonyl (C=O) groups is 2. The van der Waals surface area contributed by atoms with Crippen LogP contribution in [0, 0.1) is 20.8 Å². The second-order valence-electron chi connectivity index (χ2n) is 7.67. The molecule has 0 fully saturated rings. The van der Waals surface area contributed by atoms with E-state index in [2.05, 4.69) is 10.3 Å². The van der Waals surface area contributed by atoms with Crippen molar-refractivity contribution in [2.75, 3.05) is 11.9 Å². The maximum Gasteiger partial charge on any atom is 0.374 e. The molecule has 4 rings (SSSR count). The van der Waals surface area contributed by atoms with Crippen molar-refractivity contribution < 1.29 is 18.7 Å². The zero-order valence-corrected chi connectivity index (χ0v) is 19.5. The summed E-state index contributed by atoms with van der Waals surface area (Å²) in [6.07, 6.45) is 1.42. The third-order valence-electron chi connectivity index (χ3n) is 5.22. The molecule has 0 unspecified atom stereocenters. The van der Waals surface area contributed by atoms with Crippen LogP contribution in [0.1, 0.15) is 49.6 Å². The molecule has 1 N–H and O–H groups in total. The number of benzene rings is 1. The molecule has 0 spiro atoms. The molecule has 0 aliphatic rings. The monoisotopic (exact) mass is 465 g/mol. The van der Waals surface area contributed by atoms with Crippen molar-refractivity contribution in [2.24, 2.45) is 0 Å². The number of aromatic nitrogens is 2. The van der Waals surface area contributed by atoms with E-state index in [9.17, 15) is 14.4 Å². The number of anilines is 1. The number of furan rings is 1. The fourth-order valence-corrected chi connectivity index (χ4v) is 4.60. The molecule has 8 nitrogen and oxygen atoms in total. The molecule has 33 heavy (non-hydrogen) atoms. The summed E-state index contributed by atoms with van der Waals surface area (Å²) in [4.78, 5) is 43.2. The SMILES string of the molecule is CCOC(=O)c1ccc(Cn2cnc3sc(C(=O)Nc4ccc(C)cc4C)c(C)c3c2=O)o1. The van der Waals surface area contributed by atoms with E-state index in [0.717, 1.165) is 16.8 Å². The molecular weight excluding hydrogens is 442 g/mol. The van der Waals surface area contributed by atoms with Crippen LogP contribution in [0.3, 0.4) is 0 Å². The van der Waals surface area contributed by atoms with Crippen LogP contribution in [0.5, 0.6) is 0 Å². The molecule has 9 heteroatoms. The van der Waals surface area contributed by atoms with E-state index in [1.165, 1.54) is 28.3 Å². The van der Waals surface area contributed by atoms with Gasteiger partial charge in [-0.05, 0) is 57.0 Å². The van der Waals surface area contributed by atoms with Crippen molar-refractivity contribution in [2.45, 2.75) is 34.2 Å². The summed E-state index contributed by atoms with van der Waals surface area (Å²) in [6, 6.07) is 8.92. The van der Waals surface area contributed by atoms with E-state index in [1.54, 1.807) is 19.9 Å². The number of rotatable bonds is 6. The molecule has 0 atom stereocenters. The molecule has 0 aliphatic carbocycles. The number of esters is 1. The number of ether oxygens (including phenoxy) is 1. The Bertz CT molecular complexity index is 1430. The van der Waals surface area contributed by atoms with Crippen molar-refractivity contribution in [3.8, 4) is 0 Å². The Morgan fingerprint density at radius 3 is 2.70 bits per heavy atom. The van der Waals surface area contributed by atoms with Gasteiger partial charge in [-0.3, -0.25) is 14.2 Å². The minimum atomic E-state index is -0.558. The normalized spacial score (nSPS) is 11.0. The first-order chi connectivity index (χ1) is 15.8. The minimum Gasteiger partial charge on any atom is -0.460 e. The first-order valence-electron chi connectivity index (χ1n) is 10.4. The van der Waals surface area contributed by atoms with Crippen molar-refractivity contribution >= 4 is 39.1 Å². The molecule has 3 heterocycles. The third-order valence-corrected chi connectivity index (χ3v) is 6.42. The van der Waals surface area contributed by atoms with Gasteiger partial charge < -0.3 is 14.5 Å². The molecule has 0 radical (unpaired) electrons. The lowest BCUT2D eigenvalue weighted by molar-refractivity contribution is 0.0487. The molecule has 0 saturated heterocycles. The molecule has 1 amide bonds. The van der Waals surface area contributed by atoms with Crippen LogP contribution in [0.4, 0.5) is 5.69 Å². The van der Waals surface area contributed by atoms with E-state index in [1.807, 2.05) is 32.0 Å². The van der Waals surface area contributed by atoms with Crippen molar-refractivity contribution in [3.63, 3.8) is 0 Å². The fraction of sp³-hybridized carbons (Fsp3) is 0.250. The Morgan fingerprint density at radius 2 is 1.97 bits per heavy atom. The standard InChI is InChI=1S/C24H23N3O5S/c1-5-31-24(30)18-9-7-16(32-18)11-27-12-25-22-19(23(27)29)15(4)20(33-22)21(28)26-17-8-6-13(2)10-14(17)3/h6-10,12H,5,11H2,1-4H3,(H,26,28). The number of carbonyl (C=O) groups excluding carboxylic acids is 2. The van der Waals surface area contributed by atoms with Crippen LogP contribution < -0.4 is 10.9 Å². The minimum absolute atomic E-state index is 0.0750. The number of fused-ring (bicyclic) bond motifs is 1. The molecular formula is C24H23N3O5S. The first kappa shape index (κ1) is 22.5. The summed E-state index contributed by atoms with van der Waals surface area (Å²) in [5.74, 6) is -0.343. The van der Waals surface area contributed by atoms with E-state index in [-0.39, 0.29) is 30.4 Å². The highest BCUT2D eigenvalue weighted by molar-refractivity contribution is 7.20. The predicted octanol–water partition coefficient (Wildman–Crippen LogP) is 4.45. The largest absolute Gasteiger partial charge is 0.460 e. The number of amides is 1. The van der Waals surface area contributed by atoms with Crippen LogP contribution in [-0.2, 0) is 11.3 Å². The average molecular weight is 466 g/mol. The lowest BCUT2D eigenvalue weighted by atomic mass is 10.1. The van der Waals surface area contributed by atoms with E-state index >= 15 is 0 Å². The summed E-state index contributed by atoms with van der Waals surface area (Å²) in [5, 5.41) is 3.32. The molecule has 1 aromatic carbocycles. The summed E-state index contributed by atoms with van der Waals surface area (Å²) in [6.45, 7) is 7.72. The zero-order chi connectivity index (χ0) is 23.7. The van der Waals surface area contributed by atoms with Crippen molar-refractivity contribution in [1.82, 2.24) is 9.55 Å². The Labute approximate surface area is 193 Å². The van der Waals surface area contributed by atoms with Crippen LogP contribution >= 0.6 is 11.3 Å². The van der Waals surface area contributed by atoms with E-state index in [4.69, 9.17) is 9.15 Å². The van der Waals surface area contributed by atoms with Gasteiger partial charge >= 0.3 is 5.97 Å². The maximum absolute atomic E-state index is 13.1. The number of hydrogen-bond donors (Lipinski definition) is 1. The lowest BCUT2D eigenvalue weighted by Crippen LogP contribution is -2.21. The predicted molar refractivity (Wildman–Crippen MR) is 126 cm³/mol. The Kier molecular flexibility index (Phi) is 6.15. The molecule has 0 aliphatic heterocycles. The molecule has 3 aromatic heterocycles. The number of thiophene rings is 1. The number of nitrogens with zero attached hydrogens (tertiary/aromatic N) is 2. The Hall–Kier alpha value is -3.72. The quantitative estimate of drug-likeness (QED) is 0.422. The van der Waals surface area contributed by atoms with Crippen LogP contribution in [-0.4, -0.2) is 28.0 Å². The first-order valence-corrected chi connectivity index (χ1v) is 11.2. The third kappa shape index (κ3) is 4.45. The van der Waals surface area contributed by atoms with Gasteiger partial charge in [-0.1, -0.05) is 17.7 Å². The lowest BCUT2D eigenvalue weighted by Gasteiger charge is -2.08. The second kappa shape index (κ2) is 9.03. The van der Waals surface area contributed by atoms with Crippen molar-refractivity contribution in [1.29, 1.82) is 0 Å². The zero-order valence-electron chi connectivity index (χ0n) is 18.7. The number of nitrogens with one attached hydrogen (secondary N) is 1. The van der Waals surface area contributed by atoms with Gasteiger partial charge in [0.05, 0.1) is 29.7 Å². The average Bonchev–Trinajstić information content (AvgIpc) is 3.37. The summed E-state index contributed by atoms with van der Waals surface area (Å²) >= 11 is 1.18. The topological polar surface area (TPSA) is 103 Å². The summed E-state index contributed by atoms with van der Waals surface area (Å²) in [7, 11) is 0. The van der Waals surface area contributed by atoms with Gasteiger partial charge in [-0.25, -0.2) is 9.78 Å². The van der Waals surface area contributed by atoms with Crippen LogP contribution in [0.2, 0.25) is 0 Å². The molecule has 4 aromatic rings. The van der Waals surface area contributed by atoms with Crippen LogP contribution in [0.15, 0.2) is 45.9 Å². The van der Waals surface area contributed by atoms with Gasteiger partial charge in [-0.2, -0.15) is 0 Å². The van der Waals surface area contributed by atoms with Gasteiger partial charge in [0.2, 0.25) is 5.76 Å². The maximum atomic E-state index is 13.1. The Balaban J connectivity index is 1.62. The van der Waals surface area contributed by atoms with Crippen LogP contribution in [0.25, 0.3) is 10.2 Å². The summed E-state index contributed by atoms with van der Waals surface area (Å²) in [5.41, 5.74) is 3.09. The molecule has 0 bridgehead atoms. The highest BCUT2D eigenvalue weighted by Gasteiger charge is 2.21. The second-order valence-corrected chi connectivity index (χ2v) is 8.67. The number of aryl methyl sites for hydroxylation is 3. The Morgan fingerprint density at radius 1 is 1.18 bits per heavy atom. The van der Waals surface area contributed by atoms with E-state index < -0.39 is 5.97 Å². The number of hydrogen-bond acceptors (Lipinski definition) is 7. The van der Waals surface area contributed by atoms with Gasteiger partial charge in [-0.15, -0.1) is 11.3 Å². The molecule has 170 valence electrons.